The van der Waals surface area contributed by atoms with E-state index in [0.717, 1.165) is 37.5 Å². The van der Waals surface area contributed by atoms with Crippen molar-refractivity contribution < 1.29 is 27.1 Å². The van der Waals surface area contributed by atoms with Crippen LogP contribution in [0.3, 0.4) is 0 Å². The summed E-state index contributed by atoms with van der Waals surface area (Å²) in [4.78, 5) is 14.6. The van der Waals surface area contributed by atoms with Crippen LogP contribution >= 0.6 is 0 Å². The summed E-state index contributed by atoms with van der Waals surface area (Å²) in [6.07, 6.45) is 5.88. The predicted molar refractivity (Wildman–Crippen MR) is 109 cm³/mol. The predicted octanol–water partition coefficient (Wildman–Crippen LogP) is 2.17. The molecule has 2 bridgehead atoms. The van der Waals surface area contributed by atoms with Crippen molar-refractivity contribution in [2.24, 2.45) is 0 Å². The van der Waals surface area contributed by atoms with Crippen LogP contribution in [0.4, 0.5) is 4.39 Å². The van der Waals surface area contributed by atoms with Gasteiger partial charge in [-0.05, 0) is 50.5 Å². The summed E-state index contributed by atoms with van der Waals surface area (Å²) in [6, 6.07) is 4.09. The first-order valence-electron chi connectivity index (χ1n) is 10.6. The van der Waals surface area contributed by atoms with Crippen molar-refractivity contribution in [1.82, 2.24) is 9.62 Å². The number of carbonyl (C=O) groups is 1. The number of carbonyl (C=O) groups excluding carboxylic acids is 1. The van der Waals surface area contributed by atoms with Crippen LogP contribution in [0.15, 0.2) is 18.2 Å². The minimum Gasteiger partial charge on any atom is -0.480 e. The van der Waals surface area contributed by atoms with Crippen LogP contribution < -0.4 is 9.46 Å². The highest BCUT2D eigenvalue weighted by Crippen LogP contribution is 2.40. The van der Waals surface area contributed by atoms with Crippen molar-refractivity contribution in [3.05, 3.63) is 29.6 Å². The zero-order valence-electron chi connectivity index (χ0n) is 17.2. The lowest BCUT2D eigenvalue weighted by atomic mass is 9.82. The Kier molecular flexibility index (Phi) is 6.31. The minimum absolute atomic E-state index is 0.0534. The van der Waals surface area contributed by atoms with Gasteiger partial charge in [0.1, 0.15) is 0 Å². The highest BCUT2D eigenvalue weighted by Gasteiger charge is 2.37. The number of fused-ring (bicyclic) bond motifs is 5. The molecule has 2 fully saturated rings. The lowest BCUT2D eigenvalue weighted by Crippen LogP contribution is -2.59. The first kappa shape index (κ1) is 21.5. The SMILES string of the molecule is CS(=O)(=O)N[C@H]1CCCN2C(=O)COc3c(F)cccc3[C@H]3CC[C@H](CC3)OC[C@@H]12. The molecule has 166 valence electrons. The molecule has 0 radical (unpaired) electrons. The van der Waals surface area contributed by atoms with Crippen LogP contribution in [0.25, 0.3) is 0 Å². The van der Waals surface area contributed by atoms with E-state index < -0.39 is 27.9 Å². The van der Waals surface area contributed by atoms with Crippen LogP contribution in [0, 0.1) is 5.82 Å². The molecule has 0 unspecified atom stereocenters. The molecular weight excluding hydrogens is 411 g/mol. The molecule has 4 aliphatic rings. The standard InChI is InChI=1S/C21H29FN2O5S/c1-30(26,27)23-18-6-3-11-24-19(18)12-28-15-9-7-14(8-10-15)16-4-2-5-17(22)21(16)29-13-20(24)25/h2,4-5,14-15,18-19,23H,3,6-13H2,1H3/t14-,15+,18-,19-/m0/s1. The molecule has 5 rings (SSSR count). The van der Waals surface area contributed by atoms with Crippen LogP contribution in [-0.4, -0.2) is 63.4 Å². The number of amides is 1. The van der Waals surface area contributed by atoms with Gasteiger partial charge in [-0.15, -0.1) is 0 Å². The highest BCUT2D eigenvalue weighted by atomic mass is 32.2. The molecule has 30 heavy (non-hydrogen) atoms. The Bertz CT molecular complexity index is 885. The Morgan fingerprint density at radius 3 is 2.67 bits per heavy atom. The maximum atomic E-state index is 14.6. The van der Waals surface area contributed by atoms with E-state index in [0.29, 0.717) is 19.4 Å². The molecule has 0 aromatic heterocycles. The topological polar surface area (TPSA) is 84.9 Å². The highest BCUT2D eigenvalue weighted by molar-refractivity contribution is 7.88. The first-order valence-corrected chi connectivity index (χ1v) is 12.5. The quantitative estimate of drug-likeness (QED) is 0.762. The second-order valence-corrected chi connectivity index (χ2v) is 10.3. The summed E-state index contributed by atoms with van der Waals surface area (Å²) in [7, 11) is -3.43. The fourth-order valence-electron chi connectivity index (χ4n) is 4.98. The average molecular weight is 441 g/mol. The van der Waals surface area contributed by atoms with Gasteiger partial charge >= 0.3 is 0 Å². The molecule has 3 aliphatic heterocycles. The molecule has 1 saturated heterocycles. The Balaban J connectivity index is 1.64. The number of hydrogen-bond acceptors (Lipinski definition) is 5. The van der Waals surface area contributed by atoms with Crippen LogP contribution in [-0.2, 0) is 19.6 Å². The molecule has 1 aromatic carbocycles. The van der Waals surface area contributed by atoms with Crippen LogP contribution in [0.5, 0.6) is 5.75 Å². The second kappa shape index (κ2) is 8.80. The number of ether oxygens (including phenoxy) is 2. The van der Waals surface area contributed by atoms with E-state index in [1.807, 2.05) is 6.07 Å². The molecule has 1 amide bonds. The number of nitrogens with zero attached hydrogens (tertiary/aromatic N) is 1. The Hall–Kier alpha value is -1.71. The molecule has 3 heterocycles. The number of nitrogens with one attached hydrogen (secondary N) is 1. The number of halogens is 1. The van der Waals surface area contributed by atoms with Gasteiger partial charge in [-0.3, -0.25) is 4.79 Å². The van der Waals surface area contributed by atoms with E-state index in [9.17, 15) is 17.6 Å². The van der Waals surface area contributed by atoms with E-state index in [-0.39, 0.29) is 36.9 Å². The Labute approximate surface area is 177 Å². The van der Waals surface area contributed by atoms with Crippen LogP contribution in [0.2, 0.25) is 0 Å². The fraction of sp³-hybridized carbons (Fsp3) is 0.667. The number of hydrogen-bond donors (Lipinski definition) is 1. The summed E-state index contributed by atoms with van der Waals surface area (Å²) in [5, 5.41) is 0. The third kappa shape index (κ3) is 4.78. The summed E-state index contributed by atoms with van der Waals surface area (Å²) in [5.41, 5.74) is 0.812. The normalized spacial score (nSPS) is 30.3. The largest absolute Gasteiger partial charge is 0.480 e. The maximum absolute atomic E-state index is 14.6. The smallest absolute Gasteiger partial charge is 0.260 e. The fourth-order valence-corrected chi connectivity index (χ4v) is 5.80. The van der Waals surface area contributed by atoms with Crippen molar-refractivity contribution in [2.75, 3.05) is 26.0 Å². The molecule has 9 heteroatoms. The molecular formula is C21H29FN2O5S. The van der Waals surface area contributed by atoms with E-state index >= 15 is 0 Å². The van der Waals surface area contributed by atoms with Crippen molar-refractivity contribution >= 4 is 15.9 Å². The van der Waals surface area contributed by atoms with Gasteiger partial charge in [0, 0.05) is 18.2 Å². The Morgan fingerprint density at radius 2 is 1.93 bits per heavy atom. The van der Waals surface area contributed by atoms with E-state index in [1.165, 1.54) is 6.07 Å². The van der Waals surface area contributed by atoms with Gasteiger partial charge < -0.3 is 14.4 Å². The van der Waals surface area contributed by atoms with Gasteiger partial charge in [-0.25, -0.2) is 17.5 Å². The second-order valence-electron chi connectivity index (χ2n) is 8.55. The third-order valence-corrected chi connectivity index (χ3v) is 7.15. The van der Waals surface area contributed by atoms with E-state index in [4.69, 9.17) is 9.47 Å². The maximum Gasteiger partial charge on any atom is 0.260 e. The molecule has 7 nitrogen and oxygen atoms in total. The van der Waals surface area contributed by atoms with Crippen molar-refractivity contribution in [3.8, 4) is 5.75 Å². The summed E-state index contributed by atoms with van der Waals surface area (Å²) in [5.74, 6) is -0.410. The molecule has 2 atom stereocenters. The zero-order chi connectivity index (χ0) is 21.3. The molecule has 1 N–H and O–H groups in total. The van der Waals surface area contributed by atoms with Crippen molar-refractivity contribution in [3.63, 3.8) is 0 Å². The number of rotatable bonds is 2. The lowest BCUT2D eigenvalue weighted by molar-refractivity contribution is -0.140. The van der Waals surface area contributed by atoms with Gasteiger partial charge in [-0.1, -0.05) is 12.1 Å². The molecule has 1 saturated carbocycles. The lowest BCUT2D eigenvalue weighted by Gasteiger charge is -2.41. The van der Waals surface area contributed by atoms with E-state index in [2.05, 4.69) is 4.72 Å². The number of para-hydroxylation sites is 1. The van der Waals surface area contributed by atoms with Gasteiger partial charge in [0.2, 0.25) is 10.0 Å². The minimum atomic E-state index is -3.43. The Morgan fingerprint density at radius 1 is 1.17 bits per heavy atom. The van der Waals surface area contributed by atoms with E-state index in [1.54, 1.807) is 11.0 Å². The number of sulfonamides is 1. The first-order chi connectivity index (χ1) is 14.3. The molecule has 1 aliphatic carbocycles. The monoisotopic (exact) mass is 440 g/mol. The summed E-state index contributed by atoms with van der Waals surface area (Å²) >= 11 is 0. The summed E-state index contributed by atoms with van der Waals surface area (Å²) < 4.78 is 52.9. The third-order valence-electron chi connectivity index (χ3n) is 6.42. The molecule has 1 aromatic rings. The van der Waals surface area contributed by atoms with Crippen molar-refractivity contribution in [1.29, 1.82) is 0 Å². The van der Waals surface area contributed by atoms with Crippen molar-refractivity contribution in [2.45, 2.75) is 62.6 Å². The molecule has 0 spiro atoms. The van der Waals surface area contributed by atoms with Gasteiger partial charge in [0.05, 0.1) is 25.0 Å². The number of benzene rings is 1. The summed E-state index contributed by atoms with van der Waals surface area (Å²) in [6.45, 7) is 0.483. The zero-order valence-corrected chi connectivity index (χ0v) is 18.0. The van der Waals surface area contributed by atoms with Gasteiger partial charge in [-0.2, -0.15) is 0 Å². The number of piperidine rings is 1. The average Bonchev–Trinajstić information content (AvgIpc) is 2.71. The van der Waals surface area contributed by atoms with Gasteiger partial charge in [0.25, 0.3) is 5.91 Å². The van der Waals surface area contributed by atoms with Crippen LogP contribution in [0.1, 0.15) is 50.0 Å². The van der Waals surface area contributed by atoms with Gasteiger partial charge in [0.15, 0.2) is 18.2 Å².